The molecule has 4 heterocycles. The predicted octanol–water partition coefficient (Wildman–Crippen LogP) is 3.46. The number of thioether (sulfide) groups is 1. The van der Waals surface area contributed by atoms with Crippen molar-refractivity contribution in [3.63, 3.8) is 0 Å². The highest BCUT2D eigenvalue weighted by Gasteiger charge is 2.21. The maximum Gasteiger partial charge on any atom is 0.268 e. The van der Waals surface area contributed by atoms with E-state index < -0.39 is 0 Å². The first-order valence-corrected chi connectivity index (χ1v) is 11.4. The van der Waals surface area contributed by atoms with E-state index in [1.54, 1.807) is 23.0 Å². The van der Waals surface area contributed by atoms with Crippen LogP contribution in [0.25, 0.3) is 20.4 Å². The molecule has 1 N–H and O–H groups in total. The number of fused-ring (bicyclic) bond motifs is 4. The lowest BCUT2D eigenvalue weighted by Gasteiger charge is -2.10. The Hall–Kier alpha value is -1.97. The molecule has 1 aliphatic rings. The number of nitrogens with one attached hydrogen (secondary N) is 1. The lowest BCUT2D eigenvalue weighted by Crippen LogP contribution is -2.20. The fourth-order valence-corrected chi connectivity index (χ4v) is 6.39. The van der Waals surface area contributed by atoms with Crippen molar-refractivity contribution in [2.75, 3.05) is 0 Å². The highest BCUT2D eigenvalue weighted by atomic mass is 32.2. The molecule has 0 bridgehead atoms. The van der Waals surface area contributed by atoms with E-state index in [2.05, 4.69) is 9.97 Å². The first-order valence-electron chi connectivity index (χ1n) is 8.72. The minimum absolute atomic E-state index is 0.0247. The van der Waals surface area contributed by atoms with Crippen LogP contribution >= 0.6 is 34.4 Å². The number of thiophene rings is 2. The molecular weight excluding hydrogens is 400 g/mol. The van der Waals surface area contributed by atoms with Crippen molar-refractivity contribution >= 4 is 54.9 Å². The van der Waals surface area contributed by atoms with Crippen LogP contribution in [0.4, 0.5) is 0 Å². The summed E-state index contributed by atoms with van der Waals surface area (Å²) in [4.78, 5) is 39.3. The number of aromatic amines is 1. The Morgan fingerprint density at radius 1 is 1.26 bits per heavy atom. The third-order valence-electron chi connectivity index (χ3n) is 4.86. The second-order valence-electron chi connectivity index (χ2n) is 6.59. The van der Waals surface area contributed by atoms with E-state index in [1.165, 1.54) is 40.0 Å². The van der Waals surface area contributed by atoms with Crippen molar-refractivity contribution in [3.05, 3.63) is 48.4 Å². The summed E-state index contributed by atoms with van der Waals surface area (Å²) in [6.45, 7) is 0. The van der Waals surface area contributed by atoms with Crippen molar-refractivity contribution in [3.8, 4) is 0 Å². The minimum atomic E-state index is -0.117. The molecule has 5 rings (SSSR count). The Morgan fingerprint density at radius 3 is 3.00 bits per heavy atom. The lowest BCUT2D eigenvalue weighted by molar-refractivity contribution is 0.695. The van der Waals surface area contributed by atoms with Crippen molar-refractivity contribution in [1.82, 2.24) is 19.5 Å². The number of hydrogen-bond donors (Lipinski definition) is 1. The molecule has 0 spiro atoms. The van der Waals surface area contributed by atoms with Crippen LogP contribution < -0.4 is 11.1 Å². The van der Waals surface area contributed by atoms with E-state index in [1.807, 2.05) is 11.4 Å². The molecule has 1 aliphatic carbocycles. The van der Waals surface area contributed by atoms with Gasteiger partial charge in [-0.2, -0.15) is 0 Å². The van der Waals surface area contributed by atoms with Crippen LogP contribution in [0.3, 0.4) is 0 Å². The first kappa shape index (κ1) is 17.2. The molecule has 0 saturated heterocycles. The molecule has 0 radical (unpaired) electrons. The Morgan fingerprint density at radius 2 is 2.11 bits per heavy atom. The topological polar surface area (TPSA) is 80.6 Å². The van der Waals surface area contributed by atoms with Crippen molar-refractivity contribution < 1.29 is 0 Å². The molecule has 0 aromatic carbocycles. The lowest BCUT2D eigenvalue weighted by atomic mass is 9.97. The summed E-state index contributed by atoms with van der Waals surface area (Å²) in [6, 6.07) is 1.85. The summed E-state index contributed by atoms with van der Waals surface area (Å²) in [7, 11) is 1.77. The molecule has 9 heteroatoms. The molecule has 0 unspecified atom stereocenters. The number of H-pyrrole nitrogens is 1. The SMILES string of the molecule is Cn1c(SCc2nc3ccsc3c(=O)[nH]2)nc2sc3c(c2c1=O)CCCC3. The van der Waals surface area contributed by atoms with Gasteiger partial charge in [-0.3, -0.25) is 14.2 Å². The number of hydrogen-bond acceptors (Lipinski definition) is 7. The van der Waals surface area contributed by atoms with Crippen LogP contribution in [0.2, 0.25) is 0 Å². The molecule has 0 aliphatic heterocycles. The highest BCUT2D eigenvalue weighted by molar-refractivity contribution is 7.98. The summed E-state index contributed by atoms with van der Waals surface area (Å²) in [5.74, 6) is 1.05. The Bertz CT molecular complexity index is 1300. The summed E-state index contributed by atoms with van der Waals surface area (Å²) < 4.78 is 2.26. The molecule has 4 aromatic rings. The smallest absolute Gasteiger partial charge is 0.268 e. The van der Waals surface area contributed by atoms with Crippen LogP contribution in [0.5, 0.6) is 0 Å². The first-order chi connectivity index (χ1) is 13.1. The largest absolute Gasteiger partial charge is 0.309 e. The van der Waals surface area contributed by atoms with Gasteiger partial charge in [0.15, 0.2) is 5.16 Å². The van der Waals surface area contributed by atoms with Gasteiger partial charge in [0.1, 0.15) is 15.4 Å². The second-order valence-corrected chi connectivity index (χ2v) is 9.53. The molecule has 27 heavy (non-hydrogen) atoms. The molecule has 0 amide bonds. The van der Waals surface area contributed by atoms with E-state index >= 15 is 0 Å². The normalized spacial score (nSPS) is 14.1. The quantitative estimate of drug-likeness (QED) is 0.409. The number of nitrogens with zero attached hydrogens (tertiary/aromatic N) is 3. The Kier molecular flexibility index (Phi) is 4.18. The zero-order chi connectivity index (χ0) is 18.5. The van der Waals surface area contributed by atoms with Crippen LogP contribution in [0, 0.1) is 0 Å². The van der Waals surface area contributed by atoms with E-state index in [4.69, 9.17) is 4.98 Å². The van der Waals surface area contributed by atoms with Gasteiger partial charge in [0.25, 0.3) is 11.1 Å². The standard InChI is InChI=1S/C18H16N4O2S3/c1-22-17(24)13-9-4-2-3-5-11(9)27-16(13)21-18(22)26-8-12-19-10-6-7-25-14(10)15(23)20-12/h6-7H,2-5,8H2,1H3,(H,19,20,23). The van der Waals surface area contributed by atoms with Crippen molar-refractivity contribution in [2.24, 2.45) is 7.05 Å². The third kappa shape index (κ3) is 2.84. The zero-order valence-electron chi connectivity index (χ0n) is 14.6. The summed E-state index contributed by atoms with van der Waals surface area (Å²) >= 11 is 4.46. The molecule has 0 saturated carbocycles. The van der Waals surface area contributed by atoms with Gasteiger partial charge in [0.2, 0.25) is 0 Å². The van der Waals surface area contributed by atoms with Gasteiger partial charge < -0.3 is 4.98 Å². The average Bonchev–Trinajstić information content (AvgIpc) is 3.28. The predicted molar refractivity (Wildman–Crippen MR) is 111 cm³/mol. The maximum atomic E-state index is 12.9. The van der Waals surface area contributed by atoms with Gasteiger partial charge in [-0.05, 0) is 42.7 Å². The molecule has 4 aromatic heterocycles. The fourth-order valence-electron chi connectivity index (χ4n) is 3.52. The molecule has 0 atom stereocenters. The van der Waals surface area contributed by atoms with Crippen LogP contribution in [-0.4, -0.2) is 19.5 Å². The van der Waals surface area contributed by atoms with Gasteiger partial charge >= 0.3 is 0 Å². The van der Waals surface area contributed by atoms with Crippen molar-refractivity contribution in [2.45, 2.75) is 36.6 Å². The van der Waals surface area contributed by atoms with Crippen LogP contribution in [-0.2, 0) is 25.6 Å². The van der Waals surface area contributed by atoms with Crippen LogP contribution in [0.1, 0.15) is 29.1 Å². The van der Waals surface area contributed by atoms with Gasteiger partial charge in [0, 0.05) is 11.9 Å². The fraction of sp³-hybridized carbons (Fsp3) is 0.333. The van der Waals surface area contributed by atoms with E-state index in [0.717, 1.165) is 29.5 Å². The summed E-state index contributed by atoms with van der Waals surface area (Å²) in [5, 5.41) is 3.31. The molecule has 138 valence electrons. The number of rotatable bonds is 3. The average molecular weight is 417 g/mol. The number of aromatic nitrogens is 4. The van der Waals surface area contributed by atoms with E-state index in [-0.39, 0.29) is 11.1 Å². The molecular formula is C18H16N4O2S3. The van der Waals surface area contributed by atoms with E-state index in [0.29, 0.717) is 27.0 Å². The third-order valence-corrected chi connectivity index (χ3v) is 7.99. The summed E-state index contributed by atoms with van der Waals surface area (Å²) in [6.07, 6.45) is 4.35. The minimum Gasteiger partial charge on any atom is -0.309 e. The Balaban J connectivity index is 1.52. The van der Waals surface area contributed by atoms with Crippen molar-refractivity contribution in [1.29, 1.82) is 0 Å². The van der Waals surface area contributed by atoms with Gasteiger partial charge in [-0.1, -0.05) is 11.8 Å². The Labute approximate surface area is 166 Å². The second kappa shape index (κ2) is 6.57. The van der Waals surface area contributed by atoms with Gasteiger partial charge in [-0.25, -0.2) is 9.97 Å². The number of aryl methyl sites for hydroxylation is 2. The molecule has 6 nitrogen and oxygen atoms in total. The van der Waals surface area contributed by atoms with Gasteiger partial charge in [-0.15, -0.1) is 22.7 Å². The van der Waals surface area contributed by atoms with Gasteiger partial charge in [0.05, 0.1) is 16.7 Å². The van der Waals surface area contributed by atoms with E-state index in [9.17, 15) is 9.59 Å². The highest BCUT2D eigenvalue weighted by Crippen LogP contribution is 2.34. The summed E-state index contributed by atoms with van der Waals surface area (Å²) in [5.41, 5.74) is 1.83. The maximum absolute atomic E-state index is 12.9. The monoisotopic (exact) mass is 416 g/mol. The molecule has 0 fully saturated rings. The zero-order valence-corrected chi connectivity index (χ0v) is 17.0. The van der Waals surface area contributed by atoms with Crippen LogP contribution in [0.15, 0.2) is 26.2 Å².